The number of carbonyl (C=O) groups is 1. The molecular weight excluding hydrogens is 404 g/mol. The highest BCUT2D eigenvalue weighted by Crippen LogP contribution is 2.24. The van der Waals surface area contributed by atoms with E-state index in [1.807, 2.05) is 68.4 Å². The SMILES string of the molecule is CCOc1ccc(-n2nc(C(=O)Nc3cccc(OC)c3)nc2-c2ccc(C)cc2)cc1. The fraction of sp³-hybridized carbons (Fsp3) is 0.160. The molecule has 7 heteroatoms. The van der Waals surface area contributed by atoms with Crippen LogP contribution in [0.1, 0.15) is 23.1 Å². The van der Waals surface area contributed by atoms with Gasteiger partial charge in [-0.2, -0.15) is 0 Å². The van der Waals surface area contributed by atoms with Crippen LogP contribution in [0.4, 0.5) is 5.69 Å². The van der Waals surface area contributed by atoms with Crippen LogP contribution < -0.4 is 14.8 Å². The van der Waals surface area contributed by atoms with Crippen LogP contribution in [-0.2, 0) is 0 Å². The van der Waals surface area contributed by atoms with Gasteiger partial charge in [0.2, 0.25) is 5.82 Å². The van der Waals surface area contributed by atoms with Crippen LogP contribution in [0.15, 0.2) is 72.8 Å². The molecule has 7 nitrogen and oxygen atoms in total. The molecule has 0 saturated carbocycles. The summed E-state index contributed by atoms with van der Waals surface area (Å²) in [6.07, 6.45) is 0. The van der Waals surface area contributed by atoms with Gasteiger partial charge in [0.15, 0.2) is 5.82 Å². The maximum absolute atomic E-state index is 12.9. The van der Waals surface area contributed by atoms with Gasteiger partial charge in [0.25, 0.3) is 5.91 Å². The second-order valence-corrected chi connectivity index (χ2v) is 7.15. The Morgan fingerprint density at radius 1 is 1.00 bits per heavy atom. The Balaban J connectivity index is 1.71. The molecule has 1 N–H and O–H groups in total. The number of methoxy groups -OCH3 is 1. The van der Waals surface area contributed by atoms with E-state index in [1.54, 1.807) is 30.0 Å². The predicted octanol–water partition coefficient (Wildman–Crippen LogP) is 4.90. The van der Waals surface area contributed by atoms with Crippen molar-refractivity contribution >= 4 is 11.6 Å². The van der Waals surface area contributed by atoms with E-state index in [-0.39, 0.29) is 5.82 Å². The maximum atomic E-state index is 12.9. The summed E-state index contributed by atoms with van der Waals surface area (Å²) >= 11 is 0. The van der Waals surface area contributed by atoms with Crippen molar-refractivity contribution < 1.29 is 14.3 Å². The first-order valence-corrected chi connectivity index (χ1v) is 10.3. The molecule has 0 atom stereocenters. The van der Waals surface area contributed by atoms with Gasteiger partial charge in [0.1, 0.15) is 11.5 Å². The van der Waals surface area contributed by atoms with E-state index >= 15 is 0 Å². The molecule has 0 unspecified atom stereocenters. The number of carbonyl (C=O) groups excluding carboxylic acids is 1. The Hall–Kier alpha value is -4.13. The number of anilines is 1. The zero-order valence-corrected chi connectivity index (χ0v) is 18.2. The number of aromatic nitrogens is 3. The van der Waals surface area contributed by atoms with Crippen LogP contribution >= 0.6 is 0 Å². The zero-order valence-electron chi connectivity index (χ0n) is 18.2. The number of ether oxygens (including phenoxy) is 2. The van der Waals surface area contributed by atoms with Crippen molar-refractivity contribution in [1.82, 2.24) is 14.8 Å². The maximum Gasteiger partial charge on any atom is 0.295 e. The van der Waals surface area contributed by atoms with Gasteiger partial charge in [0.05, 0.1) is 19.4 Å². The van der Waals surface area contributed by atoms with Crippen molar-refractivity contribution in [2.75, 3.05) is 19.0 Å². The number of benzene rings is 3. The predicted molar refractivity (Wildman–Crippen MR) is 124 cm³/mol. The molecule has 1 heterocycles. The summed E-state index contributed by atoms with van der Waals surface area (Å²) in [4.78, 5) is 17.5. The molecule has 0 radical (unpaired) electrons. The molecule has 0 fully saturated rings. The molecule has 0 spiro atoms. The number of nitrogens with zero attached hydrogens (tertiary/aromatic N) is 3. The minimum absolute atomic E-state index is 0.0669. The monoisotopic (exact) mass is 428 g/mol. The van der Waals surface area contributed by atoms with Gasteiger partial charge in [-0.25, -0.2) is 9.67 Å². The summed E-state index contributed by atoms with van der Waals surface area (Å²) in [6.45, 7) is 4.55. The summed E-state index contributed by atoms with van der Waals surface area (Å²) in [5.74, 6) is 1.65. The van der Waals surface area contributed by atoms with Gasteiger partial charge < -0.3 is 14.8 Å². The molecule has 0 saturated heterocycles. The number of aryl methyl sites for hydroxylation is 1. The van der Waals surface area contributed by atoms with Crippen LogP contribution in [0.3, 0.4) is 0 Å². The van der Waals surface area contributed by atoms with Crippen molar-refractivity contribution in [2.45, 2.75) is 13.8 Å². The van der Waals surface area contributed by atoms with Crippen molar-refractivity contribution in [3.8, 4) is 28.6 Å². The first-order valence-electron chi connectivity index (χ1n) is 10.3. The Kier molecular flexibility index (Phi) is 6.17. The molecule has 0 aliphatic heterocycles. The molecule has 4 aromatic rings. The molecule has 0 bridgehead atoms. The summed E-state index contributed by atoms with van der Waals surface area (Å²) in [5, 5.41) is 7.35. The number of amides is 1. The molecule has 0 aliphatic carbocycles. The van der Waals surface area contributed by atoms with Crippen molar-refractivity contribution in [1.29, 1.82) is 0 Å². The summed E-state index contributed by atoms with van der Waals surface area (Å²) < 4.78 is 12.4. The lowest BCUT2D eigenvalue weighted by Crippen LogP contribution is -2.14. The standard InChI is InChI=1S/C25H24N4O3/c1-4-32-21-14-12-20(13-15-21)29-24(18-10-8-17(2)9-11-18)27-23(28-29)25(30)26-19-6-5-7-22(16-19)31-3/h5-16H,4H2,1-3H3,(H,26,30). The molecule has 32 heavy (non-hydrogen) atoms. The first kappa shape index (κ1) is 21.1. The summed E-state index contributed by atoms with van der Waals surface area (Å²) in [5.41, 5.74) is 3.37. The van der Waals surface area contributed by atoms with Gasteiger partial charge in [-0.15, -0.1) is 5.10 Å². The molecule has 3 aromatic carbocycles. The van der Waals surface area contributed by atoms with Crippen molar-refractivity contribution in [3.63, 3.8) is 0 Å². The summed E-state index contributed by atoms with van der Waals surface area (Å²) in [6, 6.07) is 22.6. The van der Waals surface area contributed by atoms with Crippen LogP contribution in [0.2, 0.25) is 0 Å². The Labute approximate surface area is 186 Å². The summed E-state index contributed by atoms with van der Waals surface area (Å²) in [7, 11) is 1.58. The molecule has 1 aromatic heterocycles. The lowest BCUT2D eigenvalue weighted by atomic mass is 10.1. The topological polar surface area (TPSA) is 78.3 Å². The van der Waals surface area contributed by atoms with E-state index in [4.69, 9.17) is 9.47 Å². The van der Waals surface area contributed by atoms with E-state index in [1.165, 1.54) is 0 Å². The minimum Gasteiger partial charge on any atom is -0.497 e. The lowest BCUT2D eigenvalue weighted by Gasteiger charge is -2.08. The Bertz CT molecular complexity index is 1210. The Morgan fingerprint density at radius 3 is 2.44 bits per heavy atom. The van der Waals surface area contributed by atoms with E-state index in [9.17, 15) is 4.79 Å². The Morgan fingerprint density at radius 2 is 1.75 bits per heavy atom. The average molecular weight is 428 g/mol. The van der Waals surface area contributed by atoms with Gasteiger partial charge in [-0.3, -0.25) is 4.79 Å². The zero-order chi connectivity index (χ0) is 22.5. The van der Waals surface area contributed by atoms with Crippen LogP contribution in [0.25, 0.3) is 17.1 Å². The second-order valence-electron chi connectivity index (χ2n) is 7.15. The van der Waals surface area contributed by atoms with Gasteiger partial charge in [-0.05, 0) is 50.2 Å². The highest BCUT2D eigenvalue weighted by atomic mass is 16.5. The fourth-order valence-electron chi connectivity index (χ4n) is 3.22. The number of hydrogen-bond acceptors (Lipinski definition) is 5. The second kappa shape index (κ2) is 9.34. The minimum atomic E-state index is -0.406. The van der Waals surface area contributed by atoms with Crippen molar-refractivity contribution in [2.24, 2.45) is 0 Å². The molecule has 162 valence electrons. The molecule has 4 rings (SSSR count). The number of nitrogens with one attached hydrogen (secondary N) is 1. The normalized spacial score (nSPS) is 10.6. The molecule has 1 amide bonds. The van der Waals surface area contributed by atoms with E-state index in [0.717, 1.165) is 22.6 Å². The first-order chi connectivity index (χ1) is 15.6. The lowest BCUT2D eigenvalue weighted by molar-refractivity contribution is 0.101. The van der Waals surface area contributed by atoms with Crippen LogP contribution in [0.5, 0.6) is 11.5 Å². The van der Waals surface area contributed by atoms with E-state index < -0.39 is 5.91 Å². The quantitative estimate of drug-likeness (QED) is 0.453. The smallest absolute Gasteiger partial charge is 0.295 e. The third-order valence-electron chi connectivity index (χ3n) is 4.84. The highest BCUT2D eigenvalue weighted by molar-refractivity contribution is 6.02. The molecular formula is C25H24N4O3. The fourth-order valence-corrected chi connectivity index (χ4v) is 3.22. The average Bonchev–Trinajstić information content (AvgIpc) is 3.26. The van der Waals surface area contributed by atoms with E-state index in [0.29, 0.717) is 23.9 Å². The van der Waals surface area contributed by atoms with Gasteiger partial charge >= 0.3 is 0 Å². The van der Waals surface area contributed by atoms with E-state index in [2.05, 4.69) is 15.4 Å². The van der Waals surface area contributed by atoms with Crippen molar-refractivity contribution in [3.05, 3.63) is 84.2 Å². The van der Waals surface area contributed by atoms with Gasteiger partial charge in [-0.1, -0.05) is 35.9 Å². The number of hydrogen-bond donors (Lipinski definition) is 1. The highest BCUT2D eigenvalue weighted by Gasteiger charge is 2.19. The number of rotatable bonds is 7. The largest absolute Gasteiger partial charge is 0.497 e. The third-order valence-corrected chi connectivity index (χ3v) is 4.84. The molecule has 0 aliphatic rings. The van der Waals surface area contributed by atoms with Crippen LogP contribution in [-0.4, -0.2) is 34.4 Å². The van der Waals surface area contributed by atoms with Crippen LogP contribution in [0, 0.1) is 6.92 Å². The third kappa shape index (κ3) is 4.62. The van der Waals surface area contributed by atoms with Gasteiger partial charge in [0, 0.05) is 17.3 Å².